The average molecular weight is 387 g/mol. The Kier molecular flexibility index (Phi) is 4.55. The van der Waals surface area contributed by atoms with E-state index in [9.17, 15) is 9.90 Å². The number of ether oxygens (including phenoxy) is 1. The molecule has 1 atom stereocenters. The van der Waals surface area contributed by atoms with Gasteiger partial charge in [0, 0.05) is 11.6 Å². The first-order valence-corrected chi connectivity index (χ1v) is 6.93. The molecule has 0 radical (unpaired) electrons. The lowest BCUT2D eigenvalue weighted by molar-refractivity contribution is -0.145. The molecule has 6 heteroatoms. The fourth-order valence-electron chi connectivity index (χ4n) is 1.48. The van der Waals surface area contributed by atoms with Gasteiger partial charge in [0.15, 0.2) is 0 Å². The van der Waals surface area contributed by atoms with E-state index in [1.165, 1.54) is 0 Å². The van der Waals surface area contributed by atoms with Gasteiger partial charge in [-0.1, -0.05) is 30.3 Å². The van der Waals surface area contributed by atoms with Gasteiger partial charge in [-0.2, -0.15) is 0 Å². The van der Waals surface area contributed by atoms with Crippen LogP contribution in [0.15, 0.2) is 51.5 Å². The summed E-state index contributed by atoms with van der Waals surface area (Å²) in [4.78, 5) is 15.4. The van der Waals surface area contributed by atoms with E-state index in [1.807, 2.05) is 6.07 Å². The molecule has 1 aromatic carbocycles. The van der Waals surface area contributed by atoms with E-state index in [-0.39, 0.29) is 5.88 Å². The SMILES string of the molecule is O=C(O)C(Oc1ccc(Br)c(Br)n1)c1ccccc1. The number of pyridine rings is 1. The van der Waals surface area contributed by atoms with Crippen LogP contribution in [-0.4, -0.2) is 16.1 Å². The Labute approximate surface area is 126 Å². The molecule has 2 rings (SSSR count). The van der Waals surface area contributed by atoms with Gasteiger partial charge < -0.3 is 9.84 Å². The number of carboxylic acid groups (broad SMARTS) is 1. The lowest BCUT2D eigenvalue weighted by Gasteiger charge is -2.14. The monoisotopic (exact) mass is 385 g/mol. The second kappa shape index (κ2) is 6.16. The molecule has 0 fully saturated rings. The summed E-state index contributed by atoms with van der Waals surface area (Å²) in [6.07, 6.45) is -1.08. The molecule has 0 aliphatic carbocycles. The van der Waals surface area contributed by atoms with Crippen LogP contribution < -0.4 is 4.74 Å². The van der Waals surface area contributed by atoms with Crippen LogP contribution in [0, 0.1) is 0 Å². The van der Waals surface area contributed by atoms with Crippen LogP contribution in [0.5, 0.6) is 5.88 Å². The van der Waals surface area contributed by atoms with E-state index in [1.54, 1.807) is 36.4 Å². The molecule has 19 heavy (non-hydrogen) atoms. The summed E-state index contributed by atoms with van der Waals surface area (Å²) in [5.41, 5.74) is 0.566. The minimum absolute atomic E-state index is 0.242. The maximum Gasteiger partial charge on any atom is 0.349 e. The fourth-order valence-corrected chi connectivity index (χ4v) is 2.00. The minimum atomic E-state index is -1.08. The average Bonchev–Trinajstić information content (AvgIpc) is 2.40. The van der Waals surface area contributed by atoms with Crippen molar-refractivity contribution in [2.45, 2.75) is 6.10 Å². The molecule has 1 aromatic heterocycles. The van der Waals surface area contributed by atoms with E-state index in [0.29, 0.717) is 10.2 Å². The fraction of sp³-hybridized carbons (Fsp3) is 0.0769. The van der Waals surface area contributed by atoms with Crippen molar-refractivity contribution in [2.75, 3.05) is 0 Å². The van der Waals surface area contributed by atoms with E-state index in [2.05, 4.69) is 36.8 Å². The first-order chi connectivity index (χ1) is 9.08. The van der Waals surface area contributed by atoms with Gasteiger partial charge in [0.05, 0.1) is 4.47 Å². The second-order valence-electron chi connectivity index (χ2n) is 3.67. The van der Waals surface area contributed by atoms with Gasteiger partial charge >= 0.3 is 5.97 Å². The summed E-state index contributed by atoms with van der Waals surface area (Å²) >= 11 is 6.53. The highest BCUT2D eigenvalue weighted by Gasteiger charge is 2.22. The first-order valence-electron chi connectivity index (χ1n) is 5.34. The number of carbonyl (C=O) groups is 1. The Bertz CT molecular complexity index is 590. The number of hydrogen-bond donors (Lipinski definition) is 1. The molecule has 0 spiro atoms. The molecule has 1 unspecified atom stereocenters. The van der Waals surface area contributed by atoms with Crippen LogP contribution in [-0.2, 0) is 4.79 Å². The number of benzene rings is 1. The van der Waals surface area contributed by atoms with E-state index in [4.69, 9.17) is 4.74 Å². The number of hydrogen-bond acceptors (Lipinski definition) is 3. The van der Waals surface area contributed by atoms with Crippen molar-refractivity contribution in [1.29, 1.82) is 0 Å². The number of nitrogens with zero attached hydrogens (tertiary/aromatic N) is 1. The first kappa shape index (κ1) is 14.0. The Hall–Kier alpha value is -1.40. The predicted molar refractivity (Wildman–Crippen MR) is 77.1 cm³/mol. The maximum atomic E-state index is 11.3. The number of rotatable bonds is 4. The lowest BCUT2D eigenvalue weighted by Crippen LogP contribution is -2.18. The number of halogens is 2. The van der Waals surface area contributed by atoms with Gasteiger partial charge in [-0.05, 0) is 37.9 Å². The largest absolute Gasteiger partial charge is 0.478 e. The van der Waals surface area contributed by atoms with E-state index >= 15 is 0 Å². The summed E-state index contributed by atoms with van der Waals surface area (Å²) in [6, 6.07) is 12.1. The van der Waals surface area contributed by atoms with Crippen molar-refractivity contribution in [3.05, 3.63) is 57.1 Å². The van der Waals surface area contributed by atoms with Crippen LogP contribution in [0.4, 0.5) is 0 Å². The zero-order chi connectivity index (χ0) is 13.8. The molecular formula is C13H9Br2NO3. The van der Waals surface area contributed by atoms with Gasteiger partial charge in [0.2, 0.25) is 12.0 Å². The van der Waals surface area contributed by atoms with Crippen LogP contribution in [0.3, 0.4) is 0 Å². The summed E-state index contributed by atoms with van der Waals surface area (Å²) in [6.45, 7) is 0. The quantitative estimate of drug-likeness (QED) is 0.811. The summed E-state index contributed by atoms with van der Waals surface area (Å²) in [5.74, 6) is -0.821. The van der Waals surface area contributed by atoms with Crippen molar-refractivity contribution in [1.82, 2.24) is 4.98 Å². The van der Waals surface area contributed by atoms with E-state index < -0.39 is 12.1 Å². The molecule has 1 N–H and O–H groups in total. The molecule has 0 saturated heterocycles. The zero-order valence-corrected chi connectivity index (χ0v) is 12.8. The van der Waals surface area contributed by atoms with Crippen molar-refractivity contribution in [3.8, 4) is 5.88 Å². The van der Waals surface area contributed by atoms with Gasteiger partial charge in [0.1, 0.15) is 4.60 Å². The van der Waals surface area contributed by atoms with Gasteiger partial charge in [-0.25, -0.2) is 9.78 Å². The van der Waals surface area contributed by atoms with Gasteiger partial charge in [0.25, 0.3) is 0 Å². The third-order valence-electron chi connectivity index (χ3n) is 2.34. The van der Waals surface area contributed by atoms with Crippen LogP contribution in [0.1, 0.15) is 11.7 Å². The van der Waals surface area contributed by atoms with Crippen LogP contribution in [0.2, 0.25) is 0 Å². The smallest absolute Gasteiger partial charge is 0.349 e. The van der Waals surface area contributed by atoms with Crippen LogP contribution in [0.25, 0.3) is 0 Å². The molecule has 0 saturated carbocycles. The molecule has 0 aliphatic heterocycles. The number of aliphatic carboxylic acids is 1. The maximum absolute atomic E-state index is 11.3. The van der Waals surface area contributed by atoms with Crippen LogP contribution >= 0.6 is 31.9 Å². The highest BCUT2D eigenvalue weighted by molar-refractivity contribution is 9.13. The lowest BCUT2D eigenvalue weighted by atomic mass is 10.1. The molecule has 4 nitrogen and oxygen atoms in total. The topological polar surface area (TPSA) is 59.4 Å². The molecule has 2 aromatic rings. The summed E-state index contributed by atoms with van der Waals surface area (Å²) in [7, 11) is 0. The van der Waals surface area contributed by atoms with E-state index in [0.717, 1.165) is 4.47 Å². The van der Waals surface area contributed by atoms with Crippen molar-refractivity contribution in [3.63, 3.8) is 0 Å². The molecular weight excluding hydrogens is 378 g/mol. The molecule has 1 heterocycles. The van der Waals surface area contributed by atoms with Crippen molar-refractivity contribution in [2.24, 2.45) is 0 Å². The molecule has 0 amide bonds. The van der Waals surface area contributed by atoms with Gasteiger partial charge in [-0.3, -0.25) is 0 Å². The Morgan fingerprint density at radius 2 is 1.84 bits per heavy atom. The second-order valence-corrected chi connectivity index (χ2v) is 5.27. The third kappa shape index (κ3) is 3.54. The molecule has 98 valence electrons. The Morgan fingerprint density at radius 1 is 1.16 bits per heavy atom. The van der Waals surface area contributed by atoms with Crippen molar-refractivity contribution < 1.29 is 14.6 Å². The highest BCUT2D eigenvalue weighted by atomic mass is 79.9. The predicted octanol–water partition coefficient (Wildman–Crippen LogP) is 3.81. The summed E-state index contributed by atoms with van der Waals surface area (Å²) in [5, 5.41) is 9.24. The highest BCUT2D eigenvalue weighted by Crippen LogP contribution is 2.26. The third-order valence-corrected chi connectivity index (χ3v) is 4.12. The van der Waals surface area contributed by atoms with Crippen molar-refractivity contribution >= 4 is 37.8 Å². The molecule has 0 aliphatic rings. The zero-order valence-electron chi connectivity index (χ0n) is 9.59. The number of aromatic nitrogens is 1. The normalized spacial score (nSPS) is 11.9. The van der Waals surface area contributed by atoms with Gasteiger partial charge in [-0.15, -0.1) is 0 Å². The Morgan fingerprint density at radius 3 is 2.42 bits per heavy atom. The minimum Gasteiger partial charge on any atom is -0.478 e. The number of carboxylic acids is 1. The summed E-state index contributed by atoms with van der Waals surface area (Å²) < 4.78 is 6.76. The Balaban J connectivity index is 2.27. The standard InChI is InChI=1S/C13H9Br2NO3/c14-9-6-7-10(16-12(9)15)19-11(13(17)18)8-4-2-1-3-5-8/h1-7,11H,(H,17,18). The molecule has 0 bridgehead atoms.